The van der Waals surface area contributed by atoms with Gasteiger partial charge in [0, 0.05) is 20.8 Å². The van der Waals surface area contributed by atoms with Crippen LogP contribution in [0.3, 0.4) is 0 Å². The highest BCUT2D eigenvalue weighted by Gasteiger charge is 2.60. The van der Waals surface area contributed by atoms with Crippen LogP contribution in [0.15, 0.2) is 32.0 Å². The fraction of sp³-hybridized carbons (Fsp3) is 0.619. The zero-order valence-corrected chi connectivity index (χ0v) is 23.2. The first-order valence-corrected chi connectivity index (χ1v) is 13.4. The molecule has 1 unspecified atom stereocenters. The first-order chi connectivity index (χ1) is 14.4. The second-order valence-electron chi connectivity index (χ2n) is 10.2. The van der Waals surface area contributed by atoms with E-state index in [2.05, 4.69) is 41.9 Å². The number of hydrogen-bond donors (Lipinski definition) is 3. The van der Waals surface area contributed by atoms with E-state index in [0.717, 1.165) is 0 Å². The van der Waals surface area contributed by atoms with Gasteiger partial charge in [-0.3, -0.25) is 4.79 Å². The Kier molecular flexibility index (Phi) is 7.94. The molecule has 8 nitrogen and oxygen atoms in total. The molecule has 1 aromatic carbocycles. The third kappa shape index (κ3) is 5.55. The van der Waals surface area contributed by atoms with E-state index in [1.165, 1.54) is 6.07 Å². The average molecular weight is 598 g/mol. The first-order valence-electron chi connectivity index (χ1n) is 10.3. The van der Waals surface area contributed by atoms with E-state index in [9.17, 15) is 23.1 Å². The molecule has 0 aliphatic carbocycles. The van der Waals surface area contributed by atoms with Crippen molar-refractivity contribution in [3.05, 3.63) is 27.1 Å². The average Bonchev–Trinajstić information content (AvgIpc) is 2.99. The van der Waals surface area contributed by atoms with Gasteiger partial charge in [-0.05, 0) is 54.9 Å². The Morgan fingerprint density at radius 1 is 1.16 bits per heavy atom. The SMILES string of the molecule is CC(C)(C)C(=O)NC[C@H]1C[C@@H](NS(=O)(=O)c2cc(Br)ccc2Br)C[N+]1(C(=O)O)C(C)(C)C. The highest BCUT2D eigenvalue weighted by molar-refractivity contribution is 9.11. The van der Waals surface area contributed by atoms with E-state index >= 15 is 0 Å². The number of nitrogens with one attached hydrogen (secondary N) is 2. The number of carbonyl (C=O) groups excluding carboxylic acids is 1. The third-order valence-corrected chi connectivity index (χ3v) is 8.92. The lowest BCUT2D eigenvalue weighted by molar-refractivity contribution is -0.913. The van der Waals surface area contributed by atoms with Crippen LogP contribution in [0.25, 0.3) is 0 Å². The summed E-state index contributed by atoms with van der Waals surface area (Å²) in [4.78, 5) is 25.1. The largest absolute Gasteiger partial charge is 0.514 e. The molecule has 0 radical (unpaired) electrons. The number of nitrogens with zero attached hydrogens (tertiary/aromatic N) is 1. The second kappa shape index (κ2) is 9.32. The van der Waals surface area contributed by atoms with Gasteiger partial charge in [-0.25, -0.2) is 17.6 Å². The van der Waals surface area contributed by atoms with Gasteiger partial charge in [-0.15, -0.1) is 0 Å². The molecule has 2 rings (SSSR count). The van der Waals surface area contributed by atoms with Gasteiger partial charge in [0.2, 0.25) is 15.9 Å². The van der Waals surface area contributed by atoms with Crippen molar-refractivity contribution in [2.75, 3.05) is 13.1 Å². The quantitative estimate of drug-likeness (QED) is 0.443. The molecule has 0 spiro atoms. The minimum Gasteiger partial charge on any atom is -0.435 e. The molecule has 1 aliphatic rings. The molecule has 11 heteroatoms. The molecule has 3 N–H and O–H groups in total. The monoisotopic (exact) mass is 596 g/mol. The Morgan fingerprint density at radius 3 is 2.25 bits per heavy atom. The maximum absolute atomic E-state index is 13.1. The van der Waals surface area contributed by atoms with Crippen LogP contribution in [0.1, 0.15) is 48.0 Å². The predicted molar refractivity (Wildman–Crippen MR) is 130 cm³/mol. The van der Waals surface area contributed by atoms with Crippen molar-refractivity contribution in [3.8, 4) is 0 Å². The topological polar surface area (TPSA) is 113 Å². The molecule has 1 aromatic rings. The molecule has 180 valence electrons. The second-order valence-corrected chi connectivity index (χ2v) is 13.7. The molecular weight excluding hydrogens is 566 g/mol. The van der Waals surface area contributed by atoms with Crippen LogP contribution in [0, 0.1) is 5.41 Å². The van der Waals surface area contributed by atoms with E-state index in [1.807, 2.05) is 20.8 Å². The number of hydrogen-bond acceptors (Lipinski definition) is 4. The fourth-order valence-corrected chi connectivity index (χ4v) is 6.93. The molecule has 0 saturated carbocycles. The van der Waals surface area contributed by atoms with Crippen molar-refractivity contribution in [3.63, 3.8) is 0 Å². The summed E-state index contributed by atoms with van der Waals surface area (Å²) in [7, 11) is -3.91. The highest BCUT2D eigenvalue weighted by atomic mass is 79.9. The number of likely N-dealkylation sites (tertiary alicyclic amines) is 1. The molecule has 1 fully saturated rings. The Morgan fingerprint density at radius 2 is 1.75 bits per heavy atom. The lowest BCUT2D eigenvalue weighted by Gasteiger charge is -2.45. The van der Waals surface area contributed by atoms with Gasteiger partial charge >= 0.3 is 6.09 Å². The molecule has 0 bridgehead atoms. The van der Waals surface area contributed by atoms with Crippen LogP contribution in [-0.4, -0.2) is 60.7 Å². The summed E-state index contributed by atoms with van der Waals surface area (Å²) in [6.07, 6.45) is -0.767. The van der Waals surface area contributed by atoms with E-state index in [1.54, 1.807) is 32.9 Å². The van der Waals surface area contributed by atoms with Crippen LogP contribution in [0.2, 0.25) is 0 Å². The normalized spacial score (nSPS) is 24.4. The number of benzene rings is 1. The number of quaternary nitrogens is 1. The Balaban J connectivity index is 2.38. The van der Waals surface area contributed by atoms with Crippen LogP contribution in [0.4, 0.5) is 4.79 Å². The summed E-state index contributed by atoms with van der Waals surface area (Å²) in [6, 6.07) is 3.73. The predicted octanol–water partition coefficient (Wildman–Crippen LogP) is 4.09. The van der Waals surface area contributed by atoms with E-state index in [4.69, 9.17) is 0 Å². The lowest BCUT2D eigenvalue weighted by Crippen LogP contribution is -2.68. The van der Waals surface area contributed by atoms with Crippen molar-refractivity contribution in [2.24, 2.45) is 5.41 Å². The van der Waals surface area contributed by atoms with Crippen LogP contribution in [-0.2, 0) is 14.8 Å². The summed E-state index contributed by atoms with van der Waals surface area (Å²) in [5.41, 5.74) is -1.34. The molecule has 1 aliphatic heterocycles. The number of carbonyl (C=O) groups is 2. The van der Waals surface area contributed by atoms with Gasteiger partial charge in [0.05, 0.1) is 17.5 Å². The van der Waals surface area contributed by atoms with Gasteiger partial charge in [0.1, 0.15) is 18.1 Å². The zero-order valence-electron chi connectivity index (χ0n) is 19.2. The smallest absolute Gasteiger partial charge is 0.435 e. The van der Waals surface area contributed by atoms with Crippen molar-refractivity contribution in [1.82, 2.24) is 10.0 Å². The van der Waals surface area contributed by atoms with E-state index in [-0.39, 0.29) is 34.8 Å². The fourth-order valence-electron chi connectivity index (χ4n) is 4.19. The number of halogens is 2. The Bertz CT molecular complexity index is 1000. The molecule has 2 amide bonds. The summed E-state index contributed by atoms with van der Waals surface area (Å²) < 4.78 is 29.6. The molecular formula is C21H32Br2N3O5S+. The minimum absolute atomic E-state index is 0.0692. The van der Waals surface area contributed by atoms with Gasteiger partial charge < -0.3 is 10.4 Å². The van der Waals surface area contributed by atoms with Gasteiger partial charge in [-0.2, -0.15) is 4.79 Å². The lowest BCUT2D eigenvalue weighted by atomic mass is 9.95. The third-order valence-electron chi connectivity index (χ3n) is 5.91. The standard InChI is InChI=1S/C21H31Br2N3O5S/c1-20(2,3)18(27)24-11-15-10-14(12-26(15,19(28)29)21(4,5)6)25-32(30,31)17-9-13(22)7-8-16(17)23/h7-9,14-15,25H,10-12H2,1-6H3,(H-,24,27,28,29)/p+1/t14-,15-,26?/m1/s1. The van der Waals surface area contributed by atoms with Crippen LogP contribution < -0.4 is 10.0 Å². The molecule has 32 heavy (non-hydrogen) atoms. The van der Waals surface area contributed by atoms with Gasteiger partial charge in [0.15, 0.2) is 0 Å². The highest BCUT2D eigenvalue weighted by Crippen LogP contribution is 2.38. The van der Waals surface area contributed by atoms with Crippen molar-refractivity contribution < 1.29 is 27.6 Å². The van der Waals surface area contributed by atoms with Crippen LogP contribution in [0.5, 0.6) is 0 Å². The summed E-state index contributed by atoms with van der Waals surface area (Å²) >= 11 is 6.57. The summed E-state index contributed by atoms with van der Waals surface area (Å²) in [5.74, 6) is -0.183. The maximum atomic E-state index is 13.1. The first kappa shape index (κ1) is 27.2. The number of amides is 2. The van der Waals surface area contributed by atoms with Crippen molar-refractivity contribution in [2.45, 2.75) is 70.5 Å². The molecule has 1 heterocycles. The number of sulfonamides is 1. The maximum Gasteiger partial charge on any atom is 0.514 e. The zero-order chi connectivity index (χ0) is 24.7. The molecule has 0 aromatic heterocycles. The van der Waals surface area contributed by atoms with Gasteiger partial charge in [-0.1, -0.05) is 36.7 Å². The minimum atomic E-state index is -3.91. The summed E-state index contributed by atoms with van der Waals surface area (Å²) in [6.45, 7) is 11.0. The molecule has 1 saturated heterocycles. The Hall–Kier alpha value is -1.01. The van der Waals surface area contributed by atoms with Crippen molar-refractivity contribution in [1.29, 1.82) is 0 Å². The number of carboxylic acid groups (broad SMARTS) is 1. The van der Waals surface area contributed by atoms with Crippen molar-refractivity contribution >= 4 is 53.9 Å². The van der Waals surface area contributed by atoms with E-state index in [0.29, 0.717) is 8.95 Å². The van der Waals surface area contributed by atoms with E-state index < -0.39 is 39.2 Å². The summed E-state index contributed by atoms with van der Waals surface area (Å²) in [5, 5.41) is 13.1. The van der Waals surface area contributed by atoms with Crippen LogP contribution >= 0.6 is 31.9 Å². The van der Waals surface area contributed by atoms with Gasteiger partial charge in [0.25, 0.3) is 0 Å². The Labute approximate surface area is 207 Å². The number of rotatable bonds is 5. The molecule has 3 atom stereocenters.